The van der Waals surface area contributed by atoms with Crippen molar-refractivity contribution >= 4 is 15.9 Å². The average molecular weight is 332 g/mol. The van der Waals surface area contributed by atoms with Crippen LogP contribution in [0.3, 0.4) is 0 Å². The first-order valence-corrected chi connectivity index (χ1v) is 7.35. The highest BCUT2D eigenvalue weighted by Gasteiger charge is 2.17. The van der Waals surface area contributed by atoms with Crippen molar-refractivity contribution in [2.24, 2.45) is 5.41 Å². The van der Waals surface area contributed by atoms with Gasteiger partial charge in [-0.15, -0.1) is 0 Å². The van der Waals surface area contributed by atoms with Crippen molar-refractivity contribution in [3.8, 4) is 0 Å². The molecule has 2 unspecified atom stereocenters. The van der Waals surface area contributed by atoms with Gasteiger partial charge in [-0.1, -0.05) is 26.8 Å². The Morgan fingerprint density at radius 3 is 2.53 bits per heavy atom. The molecule has 0 bridgehead atoms. The third-order valence-corrected chi connectivity index (χ3v) is 3.56. The number of benzene rings is 1. The van der Waals surface area contributed by atoms with Gasteiger partial charge in [0, 0.05) is 12.6 Å². The van der Waals surface area contributed by atoms with Gasteiger partial charge in [-0.05, 0) is 52.4 Å². The molecule has 0 aliphatic carbocycles. The van der Waals surface area contributed by atoms with Crippen molar-refractivity contribution in [2.45, 2.75) is 46.3 Å². The number of hydrogen-bond acceptors (Lipinski definition) is 2. The molecule has 0 aliphatic rings. The zero-order valence-corrected chi connectivity index (χ0v) is 13.6. The molecule has 0 heterocycles. The summed E-state index contributed by atoms with van der Waals surface area (Å²) < 4.78 is 13.6. The van der Waals surface area contributed by atoms with Gasteiger partial charge in [-0.3, -0.25) is 0 Å². The van der Waals surface area contributed by atoms with Gasteiger partial charge >= 0.3 is 0 Å². The fraction of sp³-hybridized carbons (Fsp3) is 0.600. The van der Waals surface area contributed by atoms with Crippen molar-refractivity contribution in [1.82, 2.24) is 5.32 Å². The third-order valence-electron chi connectivity index (χ3n) is 2.95. The molecule has 0 spiro atoms. The molecule has 108 valence electrons. The van der Waals surface area contributed by atoms with Crippen molar-refractivity contribution in [3.05, 3.63) is 34.1 Å². The van der Waals surface area contributed by atoms with Crippen LogP contribution in [0.4, 0.5) is 4.39 Å². The standard InChI is InChI=1S/C15H23BrFNO/c1-10(11-5-6-14(17)13(16)7-11)18-9-12(19)8-15(2,3)4/h5-7,10,12,18-19H,8-9H2,1-4H3. The Labute approximate surface area is 123 Å². The molecule has 1 rings (SSSR count). The van der Waals surface area contributed by atoms with E-state index < -0.39 is 0 Å². The molecule has 0 radical (unpaired) electrons. The zero-order chi connectivity index (χ0) is 14.6. The molecule has 1 aromatic carbocycles. The predicted molar refractivity (Wildman–Crippen MR) is 80.6 cm³/mol. The molecule has 0 aromatic heterocycles. The van der Waals surface area contributed by atoms with Gasteiger partial charge in [-0.25, -0.2) is 4.39 Å². The summed E-state index contributed by atoms with van der Waals surface area (Å²) in [6.45, 7) is 8.86. The molecular formula is C15H23BrFNO. The van der Waals surface area contributed by atoms with Crippen LogP contribution in [0.15, 0.2) is 22.7 Å². The molecule has 2 N–H and O–H groups in total. The van der Waals surface area contributed by atoms with Crippen LogP contribution in [-0.2, 0) is 0 Å². The minimum absolute atomic E-state index is 0.0755. The Morgan fingerprint density at radius 2 is 2.00 bits per heavy atom. The van der Waals surface area contributed by atoms with Gasteiger partial charge in [0.1, 0.15) is 5.82 Å². The van der Waals surface area contributed by atoms with E-state index in [1.54, 1.807) is 12.1 Å². The molecule has 0 fully saturated rings. The normalized spacial score (nSPS) is 15.3. The Balaban J connectivity index is 2.51. The van der Waals surface area contributed by atoms with E-state index in [1.165, 1.54) is 6.07 Å². The summed E-state index contributed by atoms with van der Waals surface area (Å²) in [7, 11) is 0. The fourth-order valence-corrected chi connectivity index (χ4v) is 2.39. The predicted octanol–water partition coefficient (Wildman–Crippen LogP) is 4.04. The monoisotopic (exact) mass is 331 g/mol. The first-order chi connectivity index (χ1) is 8.69. The summed E-state index contributed by atoms with van der Waals surface area (Å²) in [5.74, 6) is -0.260. The lowest BCUT2D eigenvalue weighted by Gasteiger charge is -2.24. The minimum Gasteiger partial charge on any atom is -0.392 e. The van der Waals surface area contributed by atoms with Gasteiger partial charge in [0.05, 0.1) is 10.6 Å². The Bertz CT molecular complexity index is 417. The van der Waals surface area contributed by atoms with E-state index in [9.17, 15) is 9.50 Å². The SMILES string of the molecule is CC(NCC(O)CC(C)(C)C)c1ccc(F)c(Br)c1. The number of halogens is 2. The lowest BCUT2D eigenvalue weighted by Crippen LogP contribution is -2.31. The van der Waals surface area contributed by atoms with Crippen molar-refractivity contribution in [1.29, 1.82) is 0 Å². The fourth-order valence-electron chi connectivity index (χ4n) is 1.99. The molecule has 0 amide bonds. The Hall–Kier alpha value is -0.450. The highest BCUT2D eigenvalue weighted by atomic mass is 79.9. The molecule has 2 nitrogen and oxygen atoms in total. The largest absolute Gasteiger partial charge is 0.392 e. The zero-order valence-electron chi connectivity index (χ0n) is 12.0. The maximum atomic E-state index is 13.2. The molecule has 0 saturated carbocycles. The highest BCUT2D eigenvalue weighted by Crippen LogP contribution is 2.23. The smallest absolute Gasteiger partial charge is 0.137 e. The maximum absolute atomic E-state index is 13.2. The van der Waals surface area contributed by atoms with E-state index >= 15 is 0 Å². The summed E-state index contributed by atoms with van der Waals surface area (Å²) in [6.07, 6.45) is 0.381. The van der Waals surface area contributed by atoms with E-state index in [1.807, 2.05) is 6.92 Å². The summed E-state index contributed by atoms with van der Waals surface area (Å²) in [5, 5.41) is 13.2. The number of nitrogens with one attached hydrogen (secondary N) is 1. The second-order valence-electron chi connectivity index (χ2n) is 6.22. The van der Waals surface area contributed by atoms with E-state index in [0.29, 0.717) is 11.0 Å². The number of rotatable bonds is 5. The van der Waals surface area contributed by atoms with E-state index in [4.69, 9.17) is 0 Å². The van der Waals surface area contributed by atoms with Crippen molar-refractivity contribution in [2.75, 3.05) is 6.54 Å². The summed E-state index contributed by atoms with van der Waals surface area (Å²) in [5.41, 5.74) is 1.11. The topological polar surface area (TPSA) is 32.3 Å². The van der Waals surface area contributed by atoms with E-state index in [2.05, 4.69) is 42.0 Å². The summed E-state index contributed by atoms with van der Waals surface area (Å²) in [4.78, 5) is 0. The highest BCUT2D eigenvalue weighted by molar-refractivity contribution is 9.10. The van der Waals surface area contributed by atoms with Gasteiger partial charge < -0.3 is 10.4 Å². The lowest BCUT2D eigenvalue weighted by molar-refractivity contribution is 0.117. The van der Waals surface area contributed by atoms with Crippen molar-refractivity contribution < 1.29 is 9.50 Å². The number of hydrogen-bond donors (Lipinski definition) is 2. The quantitative estimate of drug-likeness (QED) is 0.853. The van der Waals surface area contributed by atoms with Crippen molar-refractivity contribution in [3.63, 3.8) is 0 Å². The van der Waals surface area contributed by atoms with Crippen LogP contribution in [-0.4, -0.2) is 17.8 Å². The second-order valence-corrected chi connectivity index (χ2v) is 7.08. The average Bonchev–Trinajstić information content (AvgIpc) is 2.27. The molecular weight excluding hydrogens is 309 g/mol. The van der Waals surface area contributed by atoms with Gasteiger partial charge in [0.15, 0.2) is 0 Å². The summed E-state index contributed by atoms with van der Waals surface area (Å²) in [6, 6.07) is 5.05. The first-order valence-electron chi connectivity index (χ1n) is 6.55. The molecule has 19 heavy (non-hydrogen) atoms. The van der Waals surface area contributed by atoms with E-state index in [-0.39, 0.29) is 23.4 Å². The minimum atomic E-state index is -0.369. The Kier molecular flexibility index (Phi) is 5.96. The molecule has 0 aliphatic heterocycles. The van der Waals surface area contributed by atoms with Crippen LogP contribution in [0.5, 0.6) is 0 Å². The van der Waals surface area contributed by atoms with Crippen LogP contribution >= 0.6 is 15.9 Å². The van der Waals surface area contributed by atoms with Crippen LogP contribution in [0.2, 0.25) is 0 Å². The Morgan fingerprint density at radius 1 is 1.37 bits per heavy atom. The lowest BCUT2D eigenvalue weighted by atomic mass is 9.89. The molecule has 1 aromatic rings. The van der Waals surface area contributed by atoms with Crippen LogP contribution in [0, 0.1) is 11.2 Å². The molecule has 4 heteroatoms. The maximum Gasteiger partial charge on any atom is 0.137 e. The molecule has 2 atom stereocenters. The summed E-state index contributed by atoms with van der Waals surface area (Å²) >= 11 is 3.18. The molecule has 0 saturated heterocycles. The van der Waals surface area contributed by atoms with Gasteiger partial charge in [0.2, 0.25) is 0 Å². The van der Waals surface area contributed by atoms with Crippen LogP contribution in [0.1, 0.15) is 45.7 Å². The number of aliphatic hydroxyl groups excluding tert-OH is 1. The van der Waals surface area contributed by atoms with Gasteiger partial charge in [-0.2, -0.15) is 0 Å². The second kappa shape index (κ2) is 6.82. The van der Waals surface area contributed by atoms with Gasteiger partial charge in [0.25, 0.3) is 0 Å². The first kappa shape index (κ1) is 16.6. The van der Waals surface area contributed by atoms with Crippen LogP contribution < -0.4 is 5.32 Å². The third kappa shape index (κ3) is 6.02. The number of aliphatic hydroxyl groups is 1. The van der Waals surface area contributed by atoms with E-state index in [0.717, 1.165) is 12.0 Å². The van der Waals surface area contributed by atoms with Crippen LogP contribution in [0.25, 0.3) is 0 Å².